The lowest BCUT2D eigenvalue weighted by Gasteiger charge is -2.08. The van der Waals surface area contributed by atoms with Crippen molar-refractivity contribution in [3.63, 3.8) is 0 Å². The van der Waals surface area contributed by atoms with E-state index in [-0.39, 0.29) is 0 Å². The van der Waals surface area contributed by atoms with E-state index >= 15 is 0 Å². The summed E-state index contributed by atoms with van der Waals surface area (Å²) in [5.41, 5.74) is 4.23. The lowest BCUT2D eigenvalue weighted by molar-refractivity contribution is 0.355. The van der Waals surface area contributed by atoms with E-state index in [0.29, 0.717) is 5.75 Å². The molecule has 2 aromatic heterocycles. The van der Waals surface area contributed by atoms with Crippen molar-refractivity contribution in [1.29, 1.82) is 0 Å². The van der Waals surface area contributed by atoms with Gasteiger partial charge in [0.05, 0.1) is 30.6 Å². The number of hydrogen-bond donors (Lipinski definition) is 0. The van der Waals surface area contributed by atoms with Crippen molar-refractivity contribution in [2.24, 2.45) is 0 Å². The molecule has 0 N–H and O–H groups in total. The Morgan fingerprint density at radius 3 is 2.54 bits per heavy atom. The van der Waals surface area contributed by atoms with Crippen LogP contribution in [-0.2, 0) is 13.0 Å². The Morgan fingerprint density at radius 1 is 1.08 bits per heavy atom. The smallest absolute Gasteiger partial charge is 0.161 e. The highest BCUT2D eigenvalue weighted by Gasteiger charge is 2.10. The third-order valence-corrected chi connectivity index (χ3v) is 4.78. The van der Waals surface area contributed by atoms with Gasteiger partial charge in [-0.05, 0) is 38.1 Å². The predicted molar refractivity (Wildman–Crippen MR) is 96.1 cm³/mol. The summed E-state index contributed by atoms with van der Waals surface area (Å²) in [6.45, 7) is 4.94. The molecular weight excluding hydrogens is 322 g/mol. The van der Waals surface area contributed by atoms with Crippen LogP contribution in [0.15, 0.2) is 29.6 Å². The fourth-order valence-electron chi connectivity index (χ4n) is 2.66. The number of hydrogen-bond acceptors (Lipinski definition) is 5. The molecule has 0 unspecified atom stereocenters. The van der Waals surface area contributed by atoms with Gasteiger partial charge in [0.15, 0.2) is 11.5 Å². The number of rotatable bonds is 6. The average molecular weight is 343 g/mol. The van der Waals surface area contributed by atoms with Crippen LogP contribution in [0.4, 0.5) is 0 Å². The molecule has 0 saturated heterocycles. The Morgan fingerprint density at radius 2 is 1.88 bits per heavy atom. The minimum absolute atomic E-state index is 0.715. The molecular formula is C18H21N3O2S. The minimum Gasteiger partial charge on any atom is -0.493 e. The average Bonchev–Trinajstić information content (AvgIpc) is 3.18. The van der Waals surface area contributed by atoms with Crippen LogP contribution >= 0.6 is 11.3 Å². The SMILES string of the molecule is COc1ccc(-c2csc(CCn3nc(C)cc3C)n2)cc1OC. The molecule has 0 spiro atoms. The highest BCUT2D eigenvalue weighted by atomic mass is 32.1. The Labute approximate surface area is 145 Å². The quantitative estimate of drug-likeness (QED) is 0.681. The second-order valence-electron chi connectivity index (χ2n) is 5.60. The lowest BCUT2D eigenvalue weighted by atomic mass is 10.1. The van der Waals surface area contributed by atoms with Gasteiger partial charge >= 0.3 is 0 Å². The van der Waals surface area contributed by atoms with Crippen LogP contribution in [0.1, 0.15) is 16.4 Å². The maximum atomic E-state index is 5.37. The first-order valence-corrected chi connectivity index (χ1v) is 8.66. The van der Waals surface area contributed by atoms with Crippen molar-refractivity contribution in [2.75, 3.05) is 14.2 Å². The van der Waals surface area contributed by atoms with Gasteiger partial charge in [0.1, 0.15) is 0 Å². The molecule has 2 heterocycles. The van der Waals surface area contributed by atoms with Gasteiger partial charge < -0.3 is 9.47 Å². The van der Waals surface area contributed by atoms with Crippen LogP contribution in [0, 0.1) is 13.8 Å². The second-order valence-corrected chi connectivity index (χ2v) is 6.54. The molecule has 0 aliphatic rings. The van der Waals surface area contributed by atoms with Gasteiger partial charge in [-0.15, -0.1) is 11.3 Å². The zero-order chi connectivity index (χ0) is 17.1. The highest BCUT2D eigenvalue weighted by molar-refractivity contribution is 7.09. The summed E-state index contributed by atoms with van der Waals surface area (Å²) in [4.78, 5) is 4.74. The van der Waals surface area contributed by atoms with Gasteiger partial charge in [0.25, 0.3) is 0 Å². The van der Waals surface area contributed by atoms with Crippen LogP contribution < -0.4 is 9.47 Å². The van der Waals surface area contributed by atoms with Crippen molar-refractivity contribution in [2.45, 2.75) is 26.8 Å². The molecule has 0 amide bonds. The Balaban J connectivity index is 1.74. The Hall–Kier alpha value is -2.34. The molecule has 0 aliphatic carbocycles. The summed E-state index contributed by atoms with van der Waals surface area (Å²) < 4.78 is 12.7. The minimum atomic E-state index is 0.715. The first-order chi connectivity index (χ1) is 11.6. The number of aryl methyl sites for hydroxylation is 4. The molecule has 1 aromatic carbocycles. The third kappa shape index (κ3) is 3.43. The molecule has 5 nitrogen and oxygen atoms in total. The van der Waals surface area contributed by atoms with Gasteiger partial charge in [-0.1, -0.05) is 0 Å². The van der Waals surface area contributed by atoms with Crippen molar-refractivity contribution in [3.05, 3.63) is 46.0 Å². The number of nitrogens with zero attached hydrogens (tertiary/aromatic N) is 3. The lowest BCUT2D eigenvalue weighted by Crippen LogP contribution is -2.05. The zero-order valence-corrected chi connectivity index (χ0v) is 15.2. The van der Waals surface area contributed by atoms with E-state index < -0.39 is 0 Å². The van der Waals surface area contributed by atoms with E-state index in [1.54, 1.807) is 25.6 Å². The van der Waals surface area contributed by atoms with E-state index in [9.17, 15) is 0 Å². The van der Waals surface area contributed by atoms with Crippen molar-refractivity contribution in [3.8, 4) is 22.8 Å². The van der Waals surface area contributed by atoms with Crippen LogP contribution in [0.3, 0.4) is 0 Å². The fraction of sp³-hybridized carbons (Fsp3) is 0.333. The maximum Gasteiger partial charge on any atom is 0.161 e. The molecule has 0 radical (unpaired) electrons. The molecule has 6 heteroatoms. The van der Waals surface area contributed by atoms with E-state index in [0.717, 1.165) is 40.7 Å². The first kappa shape index (κ1) is 16.5. The summed E-state index contributed by atoms with van der Waals surface area (Å²) in [5.74, 6) is 1.44. The fourth-order valence-corrected chi connectivity index (χ4v) is 3.45. The first-order valence-electron chi connectivity index (χ1n) is 7.78. The van der Waals surface area contributed by atoms with Crippen LogP contribution in [0.25, 0.3) is 11.3 Å². The Bertz CT molecular complexity index is 839. The van der Waals surface area contributed by atoms with E-state index in [4.69, 9.17) is 14.5 Å². The molecule has 126 valence electrons. The molecule has 0 saturated carbocycles. The van der Waals surface area contributed by atoms with Gasteiger partial charge in [-0.3, -0.25) is 4.68 Å². The van der Waals surface area contributed by atoms with Gasteiger partial charge in [-0.25, -0.2) is 4.98 Å². The molecule has 3 aromatic rings. The standard InChI is InChI=1S/C18H21N3O2S/c1-12-9-13(2)21(20-12)8-7-18-19-15(11-24-18)14-5-6-16(22-3)17(10-14)23-4/h5-6,9-11H,7-8H2,1-4H3. The van der Waals surface area contributed by atoms with Gasteiger partial charge in [-0.2, -0.15) is 5.10 Å². The summed E-state index contributed by atoms with van der Waals surface area (Å²) in [6, 6.07) is 7.96. The van der Waals surface area contributed by atoms with Gasteiger partial charge in [0.2, 0.25) is 0 Å². The number of aromatic nitrogens is 3. The zero-order valence-electron chi connectivity index (χ0n) is 14.4. The second kappa shape index (κ2) is 7.05. The molecule has 3 rings (SSSR count). The number of methoxy groups -OCH3 is 2. The number of ether oxygens (including phenoxy) is 2. The molecule has 0 bridgehead atoms. The number of benzene rings is 1. The van der Waals surface area contributed by atoms with E-state index in [2.05, 4.69) is 23.5 Å². The highest BCUT2D eigenvalue weighted by Crippen LogP contribution is 2.32. The monoisotopic (exact) mass is 343 g/mol. The predicted octanol–water partition coefficient (Wildman–Crippen LogP) is 3.88. The van der Waals surface area contributed by atoms with E-state index in [1.807, 2.05) is 29.8 Å². The summed E-state index contributed by atoms with van der Waals surface area (Å²) >= 11 is 1.68. The topological polar surface area (TPSA) is 49.2 Å². The molecule has 0 atom stereocenters. The normalized spacial score (nSPS) is 10.8. The Kier molecular flexibility index (Phi) is 4.85. The van der Waals surface area contributed by atoms with Crippen molar-refractivity contribution >= 4 is 11.3 Å². The third-order valence-electron chi connectivity index (χ3n) is 3.87. The van der Waals surface area contributed by atoms with Crippen LogP contribution in [0.5, 0.6) is 11.5 Å². The van der Waals surface area contributed by atoms with E-state index in [1.165, 1.54) is 5.69 Å². The molecule has 0 fully saturated rings. The van der Waals surface area contributed by atoms with Crippen molar-refractivity contribution in [1.82, 2.24) is 14.8 Å². The largest absolute Gasteiger partial charge is 0.493 e. The summed E-state index contributed by atoms with van der Waals surface area (Å²) in [7, 11) is 3.28. The molecule has 24 heavy (non-hydrogen) atoms. The molecule has 0 aliphatic heterocycles. The van der Waals surface area contributed by atoms with Crippen LogP contribution in [0.2, 0.25) is 0 Å². The van der Waals surface area contributed by atoms with Crippen LogP contribution in [-0.4, -0.2) is 29.0 Å². The van der Waals surface area contributed by atoms with Crippen molar-refractivity contribution < 1.29 is 9.47 Å². The number of thiazole rings is 1. The summed E-state index contributed by atoms with van der Waals surface area (Å²) in [5, 5.41) is 7.68. The van der Waals surface area contributed by atoms with Gasteiger partial charge in [0, 0.05) is 29.6 Å². The summed E-state index contributed by atoms with van der Waals surface area (Å²) in [6.07, 6.45) is 0.875. The maximum absolute atomic E-state index is 5.37.